The second kappa shape index (κ2) is 5.81. The molecule has 0 fully saturated rings. The van der Waals surface area contributed by atoms with E-state index in [2.05, 4.69) is 6.92 Å². The Morgan fingerprint density at radius 1 is 1.43 bits per heavy atom. The molecule has 14 heavy (non-hydrogen) atoms. The van der Waals surface area contributed by atoms with Crippen LogP contribution >= 0.6 is 11.8 Å². The Morgan fingerprint density at radius 3 is 2.86 bits per heavy atom. The van der Waals surface area contributed by atoms with E-state index in [0.717, 1.165) is 16.4 Å². The summed E-state index contributed by atoms with van der Waals surface area (Å²) in [5.74, 6) is 2.17. The van der Waals surface area contributed by atoms with Crippen molar-refractivity contribution in [2.45, 2.75) is 24.7 Å². The van der Waals surface area contributed by atoms with Crippen molar-refractivity contribution in [3.63, 3.8) is 0 Å². The molecule has 1 N–H and O–H groups in total. The summed E-state index contributed by atoms with van der Waals surface area (Å²) < 4.78 is 5.09. The van der Waals surface area contributed by atoms with Gasteiger partial charge in [-0.3, -0.25) is 0 Å². The normalized spacial score (nSPS) is 10.1. The number of hydrogen-bond donors (Lipinski definition) is 1. The van der Waals surface area contributed by atoms with Gasteiger partial charge in [-0.2, -0.15) is 0 Å². The zero-order valence-electron chi connectivity index (χ0n) is 8.62. The molecule has 0 saturated carbocycles. The van der Waals surface area contributed by atoms with E-state index in [0.29, 0.717) is 5.75 Å². The van der Waals surface area contributed by atoms with Crippen LogP contribution in [0.3, 0.4) is 0 Å². The van der Waals surface area contributed by atoms with Gasteiger partial charge >= 0.3 is 0 Å². The minimum atomic E-state index is 0.340. The first-order chi connectivity index (χ1) is 6.77. The van der Waals surface area contributed by atoms with Crippen LogP contribution in [0.15, 0.2) is 23.1 Å². The van der Waals surface area contributed by atoms with E-state index in [1.54, 1.807) is 31.0 Å². The third-order valence-corrected chi connectivity index (χ3v) is 3.05. The van der Waals surface area contributed by atoms with Crippen LogP contribution in [0.1, 0.15) is 19.8 Å². The highest BCUT2D eigenvalue weighted by molar-refractivity contribution is 7.99. The van der Waals surface area contributed by atoms with Gasteiger partial charge in [0.05, 0.1) is 12.0 Å². The van der Waals surface area contributed by atoms with Gasteiger partial charge in [0.1, 0.15) is 11.5 Å². The Morgan fingerprint density at radius 2 is 2.21 bits per heavy atom. The Hall–Kier alpha value is -0.830. The summed E-state index contributed by atoms with van der Waals surface area (Å²) in [6, 6.07) is 5.31. The summed E-state index contributed by atoms with van der Waals surface area (Å²) in [5.41, 5.74) is 0. The van der Waals surface area contributed by atoms with Gasteiger partial charge in [-0.05, 0) is 30.4 Å². The number of ether oxygens (including phenoxy) is 1. The first-order valence-electron chi connectivity index (χ1n) is 4.77. The maximum atomic E-state index is 9.55. The van der Waals surface area contributed by atoms with Crippen LogP contribution in [0.4, 0.5) is 0 Å². The van der Waals surface area contributed by atoms with E-state index < -0.39 is 0 Å². The van der Waals surface area contributed by atoms with Crippen LogP contribution in [0.5, 0.6) is 11.5 Å². The van der Waals surface area contributed by atoms with Gasteiger partial charge in [0, 0.05) is 0 Å². The molecule has 0 spiro atoms. The number of unbranched alkanes of at least 4 members (excludes halogenated alkanes) is 1. The van der Waals surface area contributed by atoms with Gasteiger partial charge in [-0.25, -0.2) is 0 Å². The predicted octanol–water partition coefficient (Wildman–Crippen LogP) is 3.29. The molecule has 78 valence electrons. The number of methoxy groups -OCH3 is 1. The van der Waals surface area contributed by atoms with Crippen LogP contribution in [0.2, 0.25) is 0 Å². The molecular formula is C11H16O2S. The highest BCUT2D eigenvalue weighted by atomic mass is 32.2. The second-order valence-corrected chi connectivity index (χ2v) is 4.17. The molecule has 0 atom stereocenters. The lowest BCUT2D eigenvalue weighted by atomic mass is 10.3. The van der Waals surface area contributed by atoms with Gasteiger partial charge in [-0.1, -0.05) is 13.3 Å². The highest BCUT2D eigenvalue weighted by Crippen LogP contribution is 2.32. The molecule has 1 aromatic carbocycles. The number of aromatic hydroxyl groups is 1. The summed E-state index contributed by atoms with van der Waals surface area (Å²) in [4.78, 5) is 0.901. The van der Waals surface area contributed by atoms with Gasteiger partial charge in [0.25, 0.3) is 0 Å². The van der Waals surface area contributed by atoms with Crippen molar-refractivity contribution in [2.75, 3.05) is 12.9 Å². The predicted molar refractivity (Wildman–Crippen MR) is 60.3 cm³/mol. The fourth-order valence-electron chi connectivity index (χ4n) is 1.06. The molecule has 0 unspecified atom stereocenters. The molecule has 0 saturated heterocycles. The molecule has 1 aromatic rings. The maximum Gasteiger partial charge on any atom is 0.129 e. The number of phenolic OH excluding ortho intramolecular Hbond substituents is 1. The lowest BCUT2D eigenvalue weighted by Gasteiger charge is -2.06. The van der Waals surface area contributed by atoms with E-state index >= 15 is 0 Å². The molecule has 0 aliphatic carbocycles. The topological polar surface area (TPSA) is 29.5 Å². The van der Waals surface area contributed by atoms with Crippen LogP contribution in [0, 0.1) is 0 Å². The first kappa shape index (κ1) is 11.2. The van der Waals surface area contributed by atoms with Crippen LogP contribution in [-0.2, 0) is 0 Å². The van der Waals surface area contributed by atoms with Gasteiger partial charge in [0.2, 0.25) is 0 Å². The molecule has 0 radical (unpaired) electrons. The number of rotatable bonds is 5. The number of thioether (sulfide) groups is 1. The Kier molecular flexibility index (Phi) is 4.66. The smallest absolute Gasteiger partial charge is 0.129 e. The molecule has 3 heteroatoms. The van der Waals surface area contributed by atoms with Crippen LogP contribution in [-0.4, -0.2) is 18.0 Å². The van der Waals surface area contributed by atoms with Crippen molar-refractivity contribution in [2.24, 2.45) is 0 Å². The average molecular weight is 212 g/mol. The van der Waals surface area contributed by atoms with Crippen molar-refractivity contribution >= 4 is 11.8 Å². The molecule has 1 rings (SSSR count). The maximum absolute atomic E-state index is 9.55. The summed E-state index contributed by atoms with van der Waals surface area (Å²) in [5, 5.41) is 9.55. The molecule has 0 bridgehead atoms. The highest BCUT2D eigenvalue weighted by Gasteiger charge is 2.03. The van der Waals surface area contributed by atoms with Gasteiger partial charge < -0.3 is 9.84 Å². The van der Waals surface area contributed by atoms with Gasteiger partial charge in [0.15, 0.2) is 0 Å². The largest absolute Gasteiger partial charge is 0.507 e. The molecule has 0 aromatic heterocycles. The lowest BCUT2D eigenvalue weighted by molar-refractivity contribution is 0.409. The standard InChI is InChI=1S/C11H16O2S/c1-3-4-7-14-11-8-9(13-2)5-6-10(11)12/h5-6,8,12H,3-4,7H2,1-2H3. The monoisotopic (exact) mass is 212 g/mol. The number of hydrogen-bond acceptors (Lipinski definition) is 3. The minimum absolute atomic E-state index is 0.340. The summed E-state index contributed by atoms with van der Waals surface area (Å²) in [6.45, 7) is 2.16. The zero-order chi connectivity index (χ0) is 10.4. The van der Waals surface area contributed by atoms with E-state index in [1.807, 2.05) is 6.07 Å². The summed E-state index contributed by atoms with van der Waals surface area (Å²) in [7, 11) is 1.63. The minimum Gasteiger partial charge on any atom is -0.507 e. The van der Waals surface area contributed by atoms with Crippen molar-refractivity contribution in [3.8, 4) is 11.5 Å². The number of benzene rings is 1. The second-order valence-electron chi connectivity index (χ2n) is 3.04. The SMILES string of the molecule is CCCCSc1cc(OC)ccc1O. The van der Waals surface area contributed by atoms with Crippen molar-refractivity contribution in [3.05, 3.63) is 18.2 Å². The fourth-order valence-corrected chi connectivity index (χ4v) is 2.13. The zero-order valence-corrected chi connectivity index (χ0v) is 9.43. The lowest BCUT2D eigenvalue weighted by Crippen LogP contribution is -1.84. The number of phenols is 1. The van der Waals surface area contributed by atoms with E-state index in [4.69, 9.17) is 4.74 Å². The summed E-state index contributed by atoms with van der Waals surface area (Å²) in [6.07, 6.45) is 2.35. The van der Waals surface area contributed by atoms with E-state index in [1.165, 1.54) is 12.8 Å². The fraction of sp³-hybridized carbons (Fsp3) is 0.455. The first-order valence-corrected chi connectivity index (χ1v) is 5.76. The van der Waals surface area contributed by atoms with E-state index in [-0.39, 0.29) is 0 Å². The quantitative estimate of drug-likeness (QED) is 0.600. The molecule has 0 heterocycles. The van der Waals surface area contributed by atoms with E-state index in [9.17, 15) is 5.11 Å². The third-order valence-electron chi connectivity index (χ3n) is 1.92. The molecule has 2 nitrogen and oxygen atoms in total. The summed E-state index contributed by atoms with van der Waals surface area (Å²) >= 11 is 1.67. The van der Waals surface area contributed by atoms with Crippen LogP contribution in [0.25, 0.3) is 0 Å². The molecular weight excluding hydrogens is 196 g/mol. The van der Waals surface area contributed by atoms with Crippen LogP contribution < -0.4 is 4.74 Å². The van der Waals surface area contributed by atoms with Gasteiger partial charge in [-0.15, -0.1) is 11.8 Å². The Labute approximate surface area is 89.3 Å². The molecule has 0 aliphatic heterocycles. The molecule has 0 aliphatic rings. The van der Waals surface area contributed by atoms with Crippen molar-refractivity contribution in [1.29, 1.82) is 0 Å². The molecule has 0 amide bonds. The average Bonchev–Trinajstić information content (AvgIpc) is 2.21. The third kappa shape index (κ3) is 3.14. The van der Waals surface area contributed by atoms with Crippen molar-refractivity contribution in [1.82, 2.24) is 0 Å². The Balaban J connectivity index is 2.64. The van der Waals surface area contributed by atoms with Crippen molar-refractivity contribution < 1.29 is 9.84 Å². The Bertz CT molecular complexity index is 287.